The molecule has 9 nitrogen and oxygen atoms in total. The lowest BCUT2D eigenvalue weighted by molar-refractivity contribution is -0.121. The minimum absolute atomic E-state index is 0.0734. The van der Waals surface area contributed by atoms with Gasteiger partial charge in [0.25, 0.3) is 0 Å². The molecule has 1 aliphatic heterocycles. The molecule has 0 spiro atoms. The summed E-state index contributed by atoms with van der Waals surface area (Å²) in [6.07, 6.45) is 8.11. The third-order valence-electron chi connectivity index (χ3n) is 5.93. The van der Waals surface area contributed by atoms with Gasteiger partial charge in [-0.1, -0.05) is 0 Å². The fourth-order valence-corrected chi connectivity index (χ4v) is 4.29. The molecule has 0 radical (unpaired) electrons. The van der Waals surface area contributed by atoms with Gasteiger partial charge in [0.15, 0.2) is 0 Å². The van der Waals surface area contributed by atoms with E-state index in [1.165, 1.54) is 10.9 Å². The maximum Gasteiger partial charge on any atom is 0.320 e. The van der Waals surface area contributed by atoms with E-state index in [-0.39, 0.29) is 18.9 Å². The highest BCUT2D eigenvalue weighted by atomic mass is 16.5. The Labute approximate surface area is 179 Å². The molecule has 9 heteroatoms. The van der Waals surface area contributed by atoms with E-state index in [4.69, 9.17) is 4.74 Å². The molecule has 0 bridgehead atoms. The molecule has 0 atom stereocenters. The number of amides is 1. The van der Waals surface area contributed by atoms with Crippen LogP contribution in [-0.4, -0.2) is 57.6 Å². The lowest BCUT2D eigenvalue weighted by Gasteiger charge is -2.33. The van der Waals surface area contributed by atoms with Crippen LogP contribution in [0, 0.1) is 0 Å². The molecular formula is C22H25N7O2. The number of hydrogen-bond donors (Lipinski definition) is 3. The van der Waals surface area contributed by atoms with Crippen molar-refractivity contribution in [2.45, 2.75) is 25.2 Å². The summed E-state index contributed by atoms with van der Waals surface area (Å²) in [5, 5.41) is 4.78. The highest BCUT2D eigenvalue weighted by Crippen LogP contribution is 2.35. The first kappa shape index (κ1) is 19.3. The van der Waals surface area contributed by atoms with Crippen molar-refractivity contribution in [3.05, 3.63) is 42.4 Å². The van der Waals surface area contributed by atoms with E-state index < -0.39 is 0 Å². The van der Waals surface area contributed by atoms with Gasteiger partial charge in [-0.15, -0.1) is 0 Å². The predicted molar refractivity (Wildman–Crippen MR) is 118 cm³/mol. The first-order chi connectivity index (χ1) is 15.2. The monoisotopic (exact) mass is 419 g/mol. The first-order valence-corrected chi connectivity index (χ1v) is 10.6. The molecule has 4 aromatic rings. The third kappa shape index (κ3) is 3.78. The van der Waals surface area contributed by atoms with Crippen LogP contribution in [0.2, 0.25) is 0 Å². The zero-order valence-corrected chi connectivity index (χ0v) is 17.4. The van der Waals surface area contributed by atoms with Crippen molar-refractivity contribution in [3.8, 4) is 6.01 Å². The second kappa shape index (κ2) is 8.25. The second-order valence-electron chi connectivity index (χ2n) is 7.75. The summed E-state index contributed by atoms with van der Waals surface area (Å²) in [7, 11) is 1.61. The van der Waals surface area contributed by atoms with Gasteiger partial charge in [-0.3, -0.25) is 4.79 Å². The summed E-state index contributed by atoms with van der Waals surface area (Å²) in [6.45, 7) is 2.03. The Kier molecular flexibility index (Phi) is 5.15. The molecule has 1 amide bonds. The van der Waals surface area contributed by atoms with E-state index in [9.17, 15) is 4.79 Å². The normalized spacial score (nSPS) is 14.9. The van der Waals surface area contributed by atoms with Crippen LogP contribution in [0.25, 0.3) is 22.1 Å². The van der Waals surface area contributed by atoms with Crippen LogP contribution >= 0.6 is 0 Å². The average Bonchev–Trinajstić information content (AvgIpc) is 3.45. The zero-order chi connectivity index (χ0) is 21.2. The number of anilines is 1. The highest BCUT2D eigenvalue weighted by Gasteiger charge is 2.25. The number of aromatic nitrogens is 5. The molecule has 4 aromatic heterocycles. The number of nitrogens with zero attached hydrogens (tertiary/aromatic N) is 4. The molecule has 1 saturated heterocycles. The summed E-state index contributed by atoms with van der Waals surface area (Å²) >= 11 is 0. The Bertz CT molecular complexity index is 1210. The summed E-state index contributed by atoms with van der Waals surface area (Å²) in [6, 6.07) is 6.41. The number of pyridine rings is 1. The lowest BCUT2D eigenvalue weighted by Crippen LogP contribution is -2.33. The van der Waals surface area contributed by atoms with E-state index in [0.29, 0.717) is 11.9 Å². The van der Waals surface area contributed by atoms with E-state index in [1.54, 1.807) is 7.05 Å². The standard InChI is InChI=1S/C22H25N7O2/c1-23-18(30)7-12-31-22-27-20-16(4-9-25-20)21(28-22)29-10-5-14(6-11-29)17-13-26-19-15(17)3-2-8-24-19/h2-4,8-9,13-14H,5-7,10-12H2,1H3,(H,23,30)(H,24,26)(H,25,27,28). The van der Waals surface area contributed by atoms with Crippen molar-refractivity contribution in [3.63, 3.8) is 0 Å². The largest absolute Gasteiger partial charge is 0.463 e. The highest BCUT2D eigenvalue weighted by molar-refractivity contribution is 5.88. The minimum Gasteiger partial charge on any atom is -0.463 e. The van der Waals surface area contributed by atoms with E-state index in [1.807, 2.05) is 24.5 Å². The first-order valence-electron chi connectivity index (χ1n) is 10.6. The van der Waals surface area contributed by atoms with E-state index in [2.05, 4.69) is 47.4 Å². The van der Waals surface area contributed by atoms with Gasteiger partial charge in [0.1, 0.15) is 23.7 Å². The number of carbonyl (C=O) groups is 1. The Balaban J connectivity index is 1.33. The number of ether oxygens (including phenoxy) is 1. The van der Waals surface area contributed by atoms with Gasteiger partial charge in [0.2, 0.25) is 5.91 Å². The molecule has 5 rings (SSSR count). The Morgan fingerprint density at radius 2 is 2.06 bits per heavy atom. The van der Waals surface area contributed by atoms with Gasteiger partial charge in [-0.05, 0) is 42.5 Å². The number of nitrogens with one attached hydrogen (secondary N) is 3. The Hall–Kier alpha value is -3.62. The van der Waals surface area contributed by atoms with Crippen molar-refractivity contribution >= 4 is 33.8 Å². The summed E-state index contributed by atoms with van der Waals surface area (Å²) in [4.78, 5) is 33.7. The maximum atomic E-state index is 11.4. The lowest BCUT2D eigenvalue weighted by atomic mass is 9.89. The molecule has 0 unspecified atom stereocenters. The van der Waals surface area contributed by atoms with Gasteiger partial charge in [-0.2, -0.15) is 9.97 Å². The smallest absolute Gasteiger partial charge is 0.320 e. The quantitative estimate of drug-likeness (QED) is 0.443. The van der Waals surface area contributed by atoms with Crippen molar-refractivity contribution in [1.29, 1.82) is 0 Å². The number of piperidine rings is 1. The molecular weight excluding hydrogens is 394 g/mol. The van der Waals surface area contributed by atoms with Crippen LogP contribution in [0.15, 0.2) is 36.8 Å². The van der Waals surface area contributed by atoms with Crippen LogP contribution in [0.3, 0.4) is 0 Å². The number of aromatic amines is 2. The third-order valence-corrected chi connectivity index (χ3v) is 5.93. The van der Waals surface area contributed by atoms with Crippen molar-refractivity contribution < 1.29 is 9.53 Å². The predicted octanol–water partition coefficient (Wildman–Crippen LogP) is 2.73. The van der Waals surface area contributed by atoms with E-state index in [0.717, 1.165) is 48.4 Å². The minimum atomic E-state index is -0.0734. The summed E-state index contributed by atoms with van der Waals surface area (Å²) in [5.74, 6) is 1.29. The number of rotatable bonds is 6. The molecule has 31 heavy (non-hydrogen) atoms. The Morgan fingerprint density at radius 1 is 1.19 bits per heavy atom. The van der Waals surface area contributed by atoms with Crippen molar-refractivity contribution in [1.82, 2.24) is 30.2 Å². The fraction of sp³-hybridized carbons (Fsp3) is 0.364. The van der Waals surface area contributed by atoms with Crippen LogP contribution in [0.1, 0.15) is 30.7 Å². The van der Waals surface area contributed by atoms with Crippen molar-refractivity contribution in [2.75, 3.05) is 31.6 Å². The summed E-state index contributed by atoms with van der Waals surface area (Å²) in [5.41, 5.74) is 3.03. The molecule has 0 aliphatic carbocycles. The van der Waals surface area contributed by atoms with Gasteiger partial charge >= 0.3 is 6.01 Å². The van der Waals surface area contributed by atoms with Crippen LogP contribution in [0.5, 0.6) is 6.01 Å². The molecule has 1 fully saturated rings. The van der Waals surface area contributed by atoms with Crippen LogP contribution in [-0.2, 0) is 4.79 Å². The fourth-order valence-electron chi connectivity index (χ4n) is 4.29. The number of H-pyrrole nitrogens is 2. The number of fused-ring (bicyclic) bond motifs is 2. The average molecular weight is 419 g/mol. The molecule has 3 N–H and O–H groups in total. The summed E-state index contributed by atoms with van der Waals surface area (Å²) < 4.78 is 5.67. The molecule has 1 aliphatic rings. The van der Waals surface area contributed by atoms with E-state index >= 15 is 0 Å². The van der Waals surface area contributed by atoms with Crippen LogP contribution < -0.4 is 15.0 Å². The topological polar surface area (TPSA) is 112 Å². The van der Waals surface area contributed by atoms with Crippen molar-refractivity contribution in [2.24, 2.45) is 0 Å². The second-order valence-corrected chi connectivity index (χ2v) is 7.75. The number of hydrogen-bond acceptors (Lipinski definition) is 6. The van der Waals surface area contributed by atoms with Gasteiger partial charge in [0.05, 0.1) is 11.8 Å². The molecule has 0 aromatic carbocycles. The van der Waals surface area contributed by atoms with Gasteiger partial charge < -0.3 is 24.9 Å². The Morgan fingerprint density at radius 3 is 2.90 bits per heavy atom. The molecule has 0 saturated carbocycles. The molecule has 5 heterocycles. The zero-order valence-electron chi connectivity index (χ0n) is 17.4. The van der Waals surface area contributed by atoms with Crippen LogP contribution in [0.4, 0.5) is 5.82 Å². The maximum absolute atomic E-state index is 11.4. The SMILES string of the molecule is CNC(=O)CCOc1nc(N2CCC(c3c[nH]c4ncccc34)CC2)c2cc[nH]c2n1. The number of carbonyl (C=O) groups excluding carboxylic acids is 1. The molecule has 160 valence electrons. The van der Waals surface area contributed by atoms with Gasteiger partial charge in [0, 0.05) is 44.1 Å². The van der Waals surface area contributed by atoms with Gasteiger partial charge in [-0.25, -0.2) is 4.98 Å².